The number of sulfonamides is 1. The highest BCUT2D eigenvalue weighted by atomic mass is 32.2. The molecule has 3 aliphatic rings. The normalized spacial score (nSPS) is 20.0. The number of aryl methyl sites for hydroxylation is 1. The molecule has 0 bridgehead atoms. The molecule has 2 aromatic heterocycles. The first-order chi connectivity index (χ1) is 14.9. The first kappa shape index (κ1) is 19.0. The topological polar surface area (TPSA) is 87.2 Å². The van der Waals surface area contributed by atoms with Gasteiger partial charge in [0.1, 0.15) is 5.52 Å². The number of H-pyrrole nitrogens is 1. The molecule has 1 spiro atoms. The molecule has 31 heavy (non-hydrogen) atoms. The largest absolute Gasteiger partial charge is 0.370 e. The summed E-state index contributed by atoms with van der Waals surface area (Å²) in [5.41, 5.74) is 4.49. The van der Waals surface area contributed by atoms with Crippen LogP contribution in [0.5, 0.6) is 0 Å². The van der Waals surface area contributed by atoms with Crippen LogP contribution in [0, 0.1) is 5.41 Å². The number of anilines is 2. The summed E-state index contributed by atoms with van der Waals surface area (Å²) in [6.45, 7) is 2.07. The van der Waals surface area contributed by atoms with Crippen LogP contribution >= 0.6 is 0 Å². The van der Waals surface area contributed by atoms with Gasteiger partial charge in [-0.1, -0.05) is 6.42 Å². The maximum absolute atomic E-state index is 12.6. The Morgan fingerprint density at radius 1 is 1.13 bits per heavy atom. The molecule has 2 aliphatic carbocycles. The molecule has 162 valence electrons. The summed E-state index contributed by atoms with van der Waals surface area (Å²) >= 11 is 0. The summed E-state index contributed by atoms with van der Waals surface area (Å²) in [5, 5.41) is 0.573. The lowest BCUT2D eigenvalue weighted by molar-refractivity contribution is 0.0905. The van der Waals surface area contributed by atoms with Crippen LogP contribution in [0.1, 0.15) is 32.1 Å². The highest BCUT2D eigenvalue weighted by molar-refractivity contribution is 7.93. The third-order valence-electron chi connectivity index (χ3n) is 7.21. The van der Waals surface area contributed by atoms with Gasteiger partial charge in [-0.15, -0.1) is 0 Å². The van der Waals surface area contributed by atoms with Crippen molar-refractivity contribution in [1.29, 1.82) is 0 Å². The number of hydrogen-bond acceptors (Lipinski definition) is 4. The van der Waals surface area contributed by atoms with Crippen molar-refractivity contribution in [2.75, 3.05) is 22.7 Å². The first-order valence-electron chi connectivity index (χ1n) is 10.9. The van der Waals surface area contributed by atoms with Crippen LogP contribution in [0.25, 0.3) is 22.0 Å². The second-order valence-corrected chi connectivity index (χ2v) is 11.5. The number of rotatable bonds is 5. The Balaban J connectivity index is 1.48. The van der Waals surface area contributed by atoms with Gasteiger partial charge in [0.15, 0.2) is 0 Å². The quantitative estimate of drug-likeness (QED) is 0.639. The lowest BCUT2D eigenvalue weighted by atomic mass is 9.63. The van der Waals surface area contributed by atoms with Crippen LogP contribution in [0.2, 0.25) is 0 Å². The van der Waals surface area contributed by atoms with E-state index in [2.05, 4.69) is 14.6 Å². The third-order valence-corrected chi connectivity index (χ3v) is 9.08. The van der Waals surface area contributed by atoms with Crippen molar-refractivity contribution in [3.05, 3.63) is 47.0 Å². The zero-order chi connectivity index (χ0) is 21.4. The molecular formula is C23H26N4O3S. The minimum Gasteiger partial charge on any atom is -0.370 e. The van der Waals surface area contributed by atoms with Gasteiger partial charge in [0.2, 0.25) is 10.0 Å². The van der Waals surface area contributed by atoms with Gasteiger partial charge in [-0.2, -0.15) is 0 Å². The van der Waals surface area contributed by atoms with Gasteiger partial charge in [0.25, 0.3) is 5.56 Å². The summed E-state index contributed by atoms with van der Waals surface area (Å²) in [4.78, 5) is 18.0. The maximum Gasteiger partial charge on any atom is 0.274 e. The van der Waals surface area contributed by atoms with E-state index in [-0.39, 0.29) is 10.8 Å². The third kappa shape index (κ3) is 2.99. The standard InChI is InChI=1S/C23H26N4O3S/c1-26-12-19(17-7-10-24-21(17)22(26)28)18-11-15(25-31(29,30)16-4-5-16)3-6-20(18)27-13-23(14-27)8-2-9-23/h3,6-7,10-12,16,24-25H,2,4-5,8-9,13-14H2,1H3. The number of pyridine rings is 1. The predicted octanol–water partition coefficient (Wildman–Crippen LogP) is 3.43. The van der Waals surface area contributed by atoms with E-state index in [1.54, 1.807) is 17.8 Å². The van der Waals surface area contributed by atoms with Crippen molar-refractivity contribution in [3.63, 3.8) is 0 Å². The van der Waals surface area contributed by atoms with Crippen LogP contribution in [-0.4, -0.2) is 36.3 Å². The van der Waals surface area contributed by atoms with Crippen LogP contribution in [0.3, 0.4) is 0 Å². The number of hydrogen-bond donors (Lipinski definition) is 2. The van der Waals surface area contributed by atoms with Gasteiger partial charge in [-0.3, -0.25) is 9.52 Å². The van der Waals surface area contributed by atoms with Crippen molar-refractivity contribution in [1.82, 2.24) is 9.55 Å². The lowest BCUT2D eigenvalue weighted by Gasteiger charge is -2.57. The summed E-state index contributed by atoms with van der Waals surface area (Å²) in [6.07, 6.45) is 8.98. The first-order valence-corrected chi connectivity index (χ1v) is 12.5. The summed E-state index contributed by atoms with van der Waals surface area (Å²) in [7, 11) is -1.60. The molecule has 8 heteroatoms. The molecular weight excluding hydrogens is 412 g/mol. The molecule has 1 aliphatic heterocycles. The molecule has 3 fully saturated rings. The summed E-state index contributed by atoms with van der Waals surface area (Å²) < 4.78 is 29.4. The van der Waals surface area contributed by atoms with Gasteiger partial charge in [-0.05, 0) is 49.9 Å². The Kier molecular flexibility index (Phi) is 3.91. The maximum atomic E-state index is 12.6. The molecule has 3 aromatic rings. The molecule has 3 heterocycles. The predicted molar refractivity (Wildman–Crippen MR) is 123 cm³/mol. The van der Waals surface area contributed by atoms with Gasteiger partial charge in [0, 0.05) is 65.8 Å². The molecule has 0 unspecified atom stereocenters. The Labute approximate surface area is 181 Å². The van der Waals surface area contributed by atoms with Crippen molar-refractivity contribution < 1.29 is 8.42 Å². The van der Waals surface area contributed by atoms with Crippen LogP contribution in [0.4, 0.5) is 11.4 Å². The minimum atomic E-state index is -3.35. The van der Waals surface area contributed by atoms with E-state index in [0.29, 0.717) is 16.6 Å². The zero-order valence-electron chi connectivity index (χ0n) is 17.5. The van der Waals surface area contributed by atoms with Crippen LogP contribution in [0.15, 0.2) is 41.5 Å². The van der Waals surface area contributed by atoms with Crippen molar-refractivity contribution in [2.45, 2.75) is 37.4 Å². The number of fused-ring (bicyclic) bond motifs is 1. The molecule has 7 nitrogen and oxygen atoms in total. The van der Waals surface area contributed by atoms with Gasteiger partial charge < -0.3 is 14.5 Å². The average molecular weight is 439 g/mol. The van der Waals surface area contributed by atoms with E-state index < -0.39 is 10.0 Å². The van der Waals surface area contributed by atoms with Gasteiger partial charge >= 0.3 is 0 Å². The number of aromatic amines is 1. The molecule has 0 radical (unpaired) electrons. The molecule has 0 amide bonds. The monoisotopic (exact) mass is 438 g/mol. The van der Waals surface area contributed by atoms with E-state index in [1.165, 1.54) is 19.3 Å². The lowest BCUT2D eigenvalue weighted by Crippen LogP contribution is -2.60. The van der Waals surface area contributed by atoms with E-state index in [1.807, 2.05) is 30.5 Å². The fraction of sp³-hybridized carbons (Fsp3) is 0.435. The van der Waals surface area contributed by atoms with Crippen LogP contribution in [-0.2, 0) is 17.1 Å². The molecule has 1 saturated heterocycles. The highest BCUT2D eigenvalue weighted by Gasteiger charge is 2.47. The van der Waals surface area contributed by atoms with Crippen LogP contribution < -0.4 is 15.2 Å². The van der Waals surface area contributed by atoms with E-state index in [0.717, 1.165) is 48.1 Å². The summed E-state index contributed by atoms with van der Waals surface area (Å²) in [6, 6.07) is 7.73. The Bertz CT molecular complexity index is 1360. The Hall–Kier alpha value is -2.74. The molecule has 0 atom stereocenters. The molecule has 1 aromatic carbocycles. The number of nitrogens with zero attached hydrogens (tertiary/aromatic N) is 2. The fourth-order valence-corrected chi connectivity index (χ4v) is 6.51. The smallest absolute Gasteiger partial charge is 0.274 e. The zero-order valence-corrected chi connectivity index (χ0v) is 18.3. The van der Waals surface area contributed by atoms with Crippen molar-refractivity contribution in [3.8, 4) is 11.1 Å². The average Bonchev–Trinajstić information content (AvgIpc) is 3.42. The molecule has 6 rings (SSSR count). The van der Waals surface area contributed by atoms with E-state index in [4.69, 9.17) is 0 Å². The van der Waals surface area contributed by atoms with Crippen molar-refractivity contribution in [2.24, 2.45) is 12.5 Å². The molecule has 2 N–H and O–H groups in total. The minimum absolute atomic E-state index is 0.0757. The second-order valence-electron chi connectivity index (χ2n) is 9.51. The number of benzene rings is 1. The van der Waals surface area contributed by atoms with Gasteiger partial charge in [0.05, 0.1) is 5.25 Å². The fourth-order valence-electron chi connectivity index (χ4n) is 5.13. The van der Waals surface area contributed by atoms with E-state index in [9.17, 15) is 13.2 Å². The summed E-state index contributed by atoms with van der Waals surface area (Å²) in [5.74, 6) is 0. The van der Waals surface area contributed by atoms with Gasteiger partial charge in [-0.25, -0.2) is 8.42 Å². The van der Waals surface area contributed by atoms with Crippen molar-refractivity contribution >= 4 is 32.3 Å². The number of aromatic nitrogens is 2. The molecule has 2 saturated carbocycles. The van der Waals surface area contributed by atoms with E-state index >= 15 is 0 Å². The SMILES string of the molecule is Cn1cc(-c2cc(NS(=O)(=O)C3CC3)ccc2N2CC3(CCC3)C2)c2cc[nH]c2c1=O. The second kappa shape index (κ2) is 6.38. The number of nitrogens with one attached hydrogen (secondary N) is 2. The Morgan fingerprint density at radius 2 is 1.90 bits per heavy atom. The highest BCUT2D eigenvalue weighted by Crippen LogP contribution is 2.51. The Morgan fingerprint density at radius 3 is 2.58 bits per heavy atom.